The first-order valence-corrected chi connectivity index (χ1v) is 11.9. The number of amides is 1. The van der Waals surface area contributed by atoms with E-state index in [2.05, 4.69) is 15.2 Å². The van der Waals surface area contributed by atoms with Crippen molar-refractivity contribution in [1.82, 2.24) is 9.78 Å². The fourth-order valence-electron chi connectivity index (χ4n) is 3.74. The molecule has 1 amide bonds. The Morgan fingerprint density at radius 2 is 1.39 bits per heavy atom. The van der Waals surface area contributed by atoms with E-state index in [0.29, 0.717) is 39.0 Å². The molecule has 5 aromatic rings. The minimum atomic E-state index is -2.92. The zero-order valence-electron chi connectivity index (χ0n) is 19.7. The maximum atomic E-state index is 13.1. The number of hydrogen-bond donors (Lipinski definition) is 1. The van der Waals surface area contributed by atoms with Gasteiger partial charge in [0.25, 0.3) is 0 Å². The van der Waals surface area contributed by atoms with Gasteiger partial charge in [-0.05, 0) is 78.4 Å². The third-order valence-corrected chi connectivity index (χ3v) is 5.77. The third-order valence-electron chi connectivity index (χ3n) is 5.51. The van der Waals surface area contributed by atoms with Crippen LogP contribution in [-0.2, 0) is 0 Å². The number of alkyl halides is 2. The van der Waals surface area contributed by atoms with Crippen molar-refractivity contribution in [2.75, 3.05) is 5.32 Å². The highest BCUT2D eigenvalue weighted by Gasteiger charge is 2.17. The van der Waals surface area contributed by atoms with Gasteiger partial charge in [-0.25, -0.2) is 4.79 Å². The first kappa shape index (κ1) is 25.0. The Hall–Kier alpha value is -4.69. The van der Waals surface area contributed by atoms with Crippen LogP contribution in [0.1, 0.15) is 0 Å². The van der Waals surface area contributed by atoms with Crippen molar-refractivity contribution in [3.05, 3.63) is 114 Å². The predicted octanol–water partition coefficient (Wildman–Crippen LogP) is 8.34. The molecule has 0 aliphatic rings. The van der Waals surface area contributed by atoms with E-state index < -0.39 is 12.6 Å². The zero-order valence-corrected chi connectivity index (χ0v) is 20.5. The molecular formula is C29H20ClF2N3O3. The Morgan fingerprint density at radius 3 is 2.03 bits per heavy atom. The molecule has 0 aliphatic carbocycles. The van der Waals surface area contributed by atoms with Crippen molar-refractivity contribution < 1.29 is 23.0 Å². The smallest absolute Gasteiger partial charge is 0.387 e. The molecule has 4 aromatic carbocycles. The summed E-state index contributed by atoms with van der Waals surface area (Å²) in [5.41, 5.74) is 3.25. The van der Waals surface area contributed by atoms with Crippen molar-refractivity contribution >= 4 is 23.3 Å². The highest BCUT2D eigenvalue weighted by Crippen LogP contribution is 2.32. The van der Waals surface area contributed by atoms with E-state index in [1.165, 1.54) is 16.8 Å². The second-order valence-electron chi connectivity index (χ2n) is 8.12. The molecule has 0 radical (unpaired) electrons. The number of anilines is 1. The minimum Gasteiger partial charge on any atom is -0.457 e. The Bertz CT molecular complexity index is 1520. The molecule has 1 heterocycles. The quantitative estimate of drug-likeness (QED) is 0.229. The van der Waals surface area contributed by atoms with Crippen LogP contribution < -0.4 is 14.8 Å². The number of nitrogens with zero attached hydrogens (tertiary/aromatic N) is 2. The SMILES string of the molecule is O=C(Nc1ccc(Oc2ccc(Cl)cc2)cc1)n1cc(-c2ccccc2)c(-c2ccc(OC(F)F)cc2)n1. The largest absolute Gasteiger partial charge is 0.457 e. The van der Waals surface area contributed by atoms with Crippen LogP contribution in [0, 0.1) is 0 Å². The average molecular weight is 532 g/mol. The summed E-state index contributed by atoms with van der Waals surface area (Å²) in [6, 6.07) is 29.0. The fourth-order valence-corrected chi connectivity index (χ4v) is 3.87. The fraction of sp³-hybridized carbons (Fsp3) is 0.0345. The lowest BCUT2D eigenvalue weighted by Crippen LogP contribution is -2.19. The van der Waals surface area contributed by atoms with Gasteiger partial charge >= 0.3 is 12.6 Å². The summed E-state index contributed by atoms with van der Waals surface area (Å²) in [6.45, 7) is -2.92. The van der Waals surface area contributed by atoms with Crippen LogP contribution in [-0.4, -0.2) is 22.4 Å². The summed E-state index contributed by atoms with van der Waals surface area (Å²) >= 11 is 5.91. The Kier molecular flexibility index (Phi) is 7.33. The Labute approximate surface area is 222 Å². The molecule has 0 saturated carbocycles. The third kappa shape index (κ3) is 5.99. The van der Waals surface area contributed by atoms with Gasteiger partial charge in [-0.2, -0.15) is 18.6 Å². The second kappa shape index (κ2) is 11.1. The van der Waals surface area contributed by atoms with Crippen LogP contribution >= 0.6 is 11.6 Å². The molecule has 190 valence electrons. The van der Waals surface area contributed by atoms with Gasteiger partial charge in [0.05, 0.1) is 0 Å². The van der Waals surface area contributed by atoms with Crippen molar-refractivity contribution in [3.8, 4) is 39.6 Å². The normalized spacial score (nSPS) is 10.8. The molecule has 0 bridgehead atoms. The summed E-state index contributed by atoms with van der Waals surface area (Å²) in [6.07, 6.45) is 1.63. The molecular weight excluding hydrogens is 512 g/mol. The minimum absolute atomic E-state index is 0.0330. The van der Waals surface area contributed by atoms with Crippen LogP contribution in [0.25, 0.3) is 22.4 Å². The van der Waals surface area contributed by atoms with Crippen molar-refractivity contribution in [2.45, 2.75) is 6.61 Å². The van der Waals surface area contributed by atoms with Gasteiger partial charge in [-0.1, -0.05) is 41.9 Å². The Balaban J connectivity index is 1.36. The van der Waals surface area contributed by atoms with Crippen LogP contribution in [0.2, 0.25) is 5.02 Å². The van der Waals surface area contributed by atoms with Crippen LogP contribution in [0.3, 0.4) is 0 Å². The molecule has 0 fully saturated rings. The number of rotatable bonds is 7. The van der Waals surface area contributed by atoms with E-state index >= 15 is 0 Å². The molecule has 1 aromatic heterocycles. The van der Waals surface area contributed by atoms with E-state index in [1.807, 2.05) is 30.3 Å². The summed E-state index contributed by atoms with van der Waals surface area (Å²) in [5.74, 6) is 1.26. The maximum Gasteiger partial charge on any atom is 0.387 e. The van der Waals surface area contributed by atoms with Gasteiger partial charge in [0.1, 0.15) is 22.9 Å². The Morgan fingerprint density at radius 1 is 0.789 bits per heavy atom. The number of benzene rings is 4. The lowest BCUT2D eigenvalue weighted by molar-refractivity contribution is -0.0498. The highest BCUT2D eigenvalue weighted by atomic mass is 35.5. The van der Waals surface area contributed by atoms with Gasteiger partial charge in [0, 0.05) is 28.0 Å². The summed E-state index contributed by atoms with van der Waals surface area (Å²) < 4.78 is 36.5. The van der Waals surface area contributed by atoms with Crippen molar-refractivity contribution in [2.24, 2.45) is 0 Å². The maximum absolute atomic E-state index is 13.1. The molecule has 5 rings (SSSR count). The van der Waals surface area contributed by atoms with Crippen LogP contribution in [0.5, 0.6) is 17.2 Å². The van der Waals surface area contributed by atoms with Gasteiger partial charge in [-0.3, -0.25) is 0 Å². The molecule has 0 saturated heterocycles. The van der Waals surface area contributed by atoms with Crippen molar-refractivity contribution in [1.29, 1.82) is 0 Å². The van der Waals surface area contributed by atoms with Gasteiger partial charge in [0.15, 0.2) is 0 Å². The summed E-state index contributed by atoms with van der Waals surface area (Å²) in [4.78, 5) is 13.1. The number of hydrogen-bond acceptors (Lipinski definition) is 4. The second-order valence-corrected chi connectivity index (χ2v) is 8.55. The molecule has 9 heteroatoms. The van der Waals surface area contributed by atoms with Crippen molar-refractivity contribution in [3.63, 3.8) is 0 Å². The number of carbonyl (C=O) groups is 1. The first-order chi connectivity index (χ1) is 18.4. The lowest BCUT2D eigenvalue weighted by Gasteiger charge is -2.08. The molecule has 1 N–H and O–H groups in total. The highest BCUT2D eigenvalue weighted by molar-refractivity contribution is 6.30. The number of nitrogens with one attached hydrogen (secondary N) is 1. The van der Waals surface area contributed by atoms with Crippen LogP contribution in [0.4, 0.5) is 19.3 Å². The summed E-state index contributed by atoms with van der Waals surface area (Å²) in [5, 5.41) is 7.94. The lowest BCUT2D eigenvalue weighted by atomic mass is 10.0. The van der Waals surface area contributed by atoms with E-state index in [-0.39, 0.29) is 5.75 Å². The first-order valence-electron chi connectivity index (χ1n) is 11.5. The van der Waals surface area contributed by atoms with E-state index in [1.54, 1.807) is 66.9 Å². The number of carbonyl (C=O) groups excluding carboxylic acids is 1. The van der Waals surface area contributed by atoms with Gasteiger partial charge in [-0.15, -0.1) is 0 Å². The van der Waals surface area contributed by atoms with Crippen LogP contribution in [0.15, 0.2) is 109 Å². The number of aromatic nitrogens is 2. The zero-order chi connectivity index (χ0) is 26.5. The summed E-state index contributed by atoms with van der Waals surface area (Å²) in [7, 11) is 0. The number of ether oxygens (including phenoxy) is 2. The standard InChI is InChI=1S/C29H20ClF2N3O3/c30-21-8-14-23(15-9-21)37-24-16-10-22(11-17-24)33-29(36)35-18-26(19-4-2-1-3-5-19)27(34-35)20-6-12-25(13-7-20)38-28(31)32/h1-18,28H,(H,33,36). The number of halogens is 3. The molecule has 6 nitrogen and oxygen atoms in total. The predicted molar refractivity (Wildman–Crippen MR) is 142 cm³/mol. The molecule has 0 atom stereocenters. The van der Waals surface area contributed by atoms with E-state index in [0.717, 1.165) is 5.56 Å². The van der Waals surface area contributed by atoms with E-state index in [9.17, 15) is 13.6 Å². The molecule has 38 heavy (non-hydrogen) atoms. The topological polar surface area (TPSA) is 65.4 Å². The van der Waals surface area contributed by atoms with Gasteiger partial charge in [0.2, 0.25) is 0 Å². The van der Waals surface area contributed by atoms with Gasteiger partial charge < -0.3 is 14.8 Å². The molecule has 0 unspecified atom stereocenters. The molecule has 0 aliphatic heterocycles. The average Bonchev–Trinajstić information content (AvgIpc) is 3.38. The monoisotopic (exact) mass is 531 g/mol. The van der Waals surface area contributed by atoms with E-state index in [4.69, 9.17) is 16.3 Å². The molecule has 0 spiro atoms.